The molecule has 1 aliphatic heterocycles. The third-order valence-corrected chi connectivity index (χ3v) is 5.53. The number of methoxy groups -OCH3 is 1. The van der Waals surface area contributed by atoms with Crippen LogP contribution >= 0.6 is 11.6 Å². The Morgan fingerprint density at radius 1 is 1.07 bits per heavy atom. The number of rotatable bonds is 6. The van der Waals surface area contributed by atoms with Crippen LogP contribution in [-0.2, 0) is 16.9 Å². The van der Waals surface area contributed by atoms with Crippen molar-refractivity contribution < 1.29 is 19.4 Å². The third kappa shape index (κ3) is 3.58. The molecule has 3 aromatic carbocycles. The van der Waals surface area contributed by atoms with E-state index in [-0.39, 0.29) is 18.7 Å². The average molecular weight is 422 g/mol. The molecule has 1 heterocycles. The molecule has 6 heteroatoms. The second kappa shape index (κ2) is 7.94. The lowest BCUT2D eigenvalue weighted by Gasteiger charge is -2.23. The predicted molar refractivity (Wildman–Crippen MR) is 115 cm³/mol. The van der Waals surface area contributed by atoms with Crippen LogP contribution in [0, 0.1) is 0 Å². The maximum absolute atomic E-state index is 13.3. The summed E-state index contributed by atoms with van der Waals surface area (Å²) < 4.78 is 5.11. The van der Waals surface area contributed by atoms with E-state index < -0.39 is 11.5 Å². The number of benzene rings is 3. The summed E-state index contributed by atoms with van der Waals surface area (Å²) in [5, 5.41) is 12.0. The Bertz CT molecular complexity index is 1110. The number of para-hydroxylation sites is 1. The van der Waals surface area contributed by atoms with Crippen molar-refractivity contribution >= 4 is 29.0 Å². The van der Waals surface area contributed by atoms with E-state index in [0.29, 0.717) is 27.6 Å². The lowest BCUT2D eigenvalue weighted by atomic mass is 9.88. The first-order chi connectivity index (χ1) is 14.4. The first-order valence-electron chi connectivity index (χ1n) is 9.48. The van der Waals surface area contributed by atoms with Gasteiger partial charge in [0.1, 0.15) is 5.75 Å². The molecule has 0 bridgehead atoms. The maximum Gasteiger partial charge on any atom is 0.264 e. The zero-order valence-corrected chi connectivity index (χ0v) is 17.1. The molecule has 0 saturated heterocycles. The molecule has 5 nitrogen and oxygen atoms in total. The van der Waals surface area contributed by atoms with Gasteiger partial charge in [-0.3, -0.25) is 9.59 Å². The highest BCUT2D eigenvalue weighted by Crippen LogP contribution is 2.43. The summed E-state index contributed by atoms with van der Waals surface area (Å²) in [5.41, 5.74) is 0.331. The van der Waals surface area contributed by atoms with Crippen molar-refractivity contribution in [2.45, 2.75) is 18.6 Å². The molecule has 1 atom stereocenters. The highest BCUT2D eigenvalue weighted by atomic mass is 35.5. The zero-order valence-electron chi connectivity index (χ0n) is 16.3. The number of fused-ring (bicyclic) bond motifs is 1. The van der Waals surface area contributed by atoms with Crippen molar-refractivity contribution in [3.05, 3.63) is 94.5 Å². The Hall–Kier alpha value is -3.15. The van der Waals surface area contributed by atoms with Crippen molar-refractivity contribution in [2.75, 3.05) is 12.0 Å². The van der Waals surface area contributed by atoms with Crippen molar-refractivity contribution in [3.63, 3.8) is 0 Å². The van der Waals surface area contributed by atoms with Gasteiger partial charge in [-0.05, 0) is 48.0 Å². The molecule has 0 fully saturated rings. The molecule has 1 aliphatic rings. The fraction of sp³-hybridized carbons (Fsp3) is 0.167. The van der Waals surface area contributed by atoms with Crippen molar-refractivity contribution in [1.82, 2.24) is 0 Å². The lowest BCUT2D eigenvalue weighted by Crippen LogP contribution is -2.41. The molecule has 1 N–H and O–H groups in total. The number of aliphatic hydroxyl groups is 1. The lowest BCUT2D eigenvalue weighted by molar-refractivity contribution is -0.136. The van der Waals surface area contributed by atoms with Gasteiger partial charge in [-0.2, -0.15) is 0 Å². The molecule has 4 rings (SSSR count). The minimum atomic E-state index is -1.92. The van der Waals surface area contributed by atoms with Gasteiger partial charge in [-0.1, -0.05) is 41.9 Å². The van der Waals surface area contributed by atoms with Crippen molar-refractivity contribution in [3.8, 4) is 5.75 Å². The molecular weight excluding hydrogens is 402 g/mol. The molecule has 0 aromatic heterocycles. The Morgan fingerprint density at radius 3 is 2.50 bits per heavy atom. The number of hydrogen-bond donors (Lipinski definition) is 1. The smallest absolute Gasteiger partial charge is 0.264 e. The van der Waals surface area contributed by atoms with Gasteiger partial charge >= 0.3 is 0 Å². The Balaban J connectivity index is 1.65. The average Bonchev–Trinajstić information content (AvgIpc) is 2.96. The summed E-state index contributed by atoms with van der Waals surface area (Å²) in [6.07, 6.45) is -0.346. The van der Waals surface area contributed by atoms with E-state index in [1.54, 1.807) is 67.8 Å². The van der Waals surface area contributed by atoms with Crippen LogP contribution < -0.4 is 9.64 Å². The molecule has 30 heavy (non-hydrogen) atoms. The quantitative estimate of drug-likeness (QED) is 0.601. The number of halogens is 1. The standard InChI is InChI=1S/C24H20ClNO4/c1-30-19-11-9-17(10-12-19)22(27)14-24(29)20-7-2-3-8-21(20)26(23(24)28)15-16-5-4-6-18(25)13-16/h2-13,29H,14-15H2,1H3/t24-/m0/s1. The Morgan fingerprint density at radius 2 is 1.80 bits per heavy atom. The summed E-state index contributed by atoms with van der Waals surface area (Å²) in [6.45, 7) is 0.245. The van der Waals surface area contributed by atoms with Crippen LogP contribution in [0.3, 0.4) is 0 Å². The van der Waals surface area contributed by atoms with Gasteiger partial charge < -0.3 is 14.7 Å². The van der Waals surface area contributed by atoms with E-state index in [1.807, 2.05) is 12.1 Å². The number of ether oxygens (including phenoxy) is 1. The molecule has 0 aliphatic carbocycles. The SMILES string of the molecule is COc1ccc(C(=O)C[C@@]2(O)C(=O)N(Cc3cccc(Cl)c3)c3ccccc32)cc1. The van der Waals surface area contributed by atoms with Gasteiger partial charge in [0.25, 0.3) is 5.91 Å². The number of hydrogen-bond acceptors (Lipinski definition) is 4. The Labute approximate surface area is 179 Å². The highest BCUT2D eigenvalue weighted by Gasteiger charge is 2.50. The molecule has 1 amide bonds. The number of carbonyl (C=O) groups is 2. The number of Topliss-reactive ketones (excluding diaryl/α,β-unsaturated/α-hetero) is 1. The summed E-state index contributed by atoms with van der Waals surface area (Å²) in [6, 6.07) is 20.8. The van der Waals surface area contributed by atoms with Crippen LogP contribution in [0.4, 0.5) is 5.69 Å². The first kappa shape index (κ1) is 20.1. The number of amides is 1. The normalized spacial score (nSPS) is 17.7. The molecule has 152 valence electrons. The van der Waals surface area contributed by atoms with E-state index >= 15 is 0 Å². The number of carbonyl (C=O) groups excluding carboxylic acids is 2. The van der Waals surface area contributed by atoms with Crippen molar-refractivity contribution in [1.29, 1.82) is 0 Å². The topological polar surface area (TPSA) is 66.8 Å². The van der Waals surface area contributed by atoms with Gasteiger partial charge in [0.15, 0.2) is 11.4 Å². The van der Waals surface area contributed by atoms with E-state index in [1.165, 1.54) is 4.90 Å². The van der Waals surface area contributed by atoms with Gasteiger partial charge in [-0.15, -0.1) is 0 Å². The van der Waals surface area contributed by atoms with E-state index in [4.69, 9.17) is 16.3 Å². The van der Waals surface area contributed by atoms with Gasteiger partial charge in [-0.25, -0.2) is 0 Å². The van der Waals surface area contributed by atoms with Crippen LogP contribution in [0.25, 0.3) is 0 Å². The zero-order chi connectivity index (χ0) is 21.3. The molecule has 0 unspecified atom stereocenters. The van der Waals surface area contributed by atoms with Gasteiger partial charge in [0.05, 0.1) is 25.8 Å². The second-order valence-electron chi connectivity index (χ2n) is 7.23. The predicted octanol–water partition coefficient (Wildman–Crippen LogP) is 4.36. The monoisotopic (exact) mass is 421 g/mol. The summed E-state index contributed by atoms with van der Waals surface area (Å²) in [5.74, 6) is -0.223. The van der Waals surface area contributed by atoms with Crippen LogP contribution in [0.15, 0.2) is 72.8 Å². The summed E-state index contributed by atoms with van der Waals surface area (Å²) in [7, 11) is 1.54. The van der Waals surface area contributed by atoms with Gasteiger partial charge in [0.2, 0.25) is 0 Å². The third-order valence-electron chi connectivity index (χ3n) is 5.30. The number of nitrogens with zero attached hydrogens (tertiary/aromatic N) is 1. The molecular formula is C24H20ClNO4. The van der Waals surface area contributed by atoms with E-state index in [9.17, 15) is 14.7 Å². The highest BCUT2D eigenvalue weighted by molar-refractivity contribution is 6.30. The molecule has 0 saturated carbocycles. The van der Waals surface area contributed by atoms with Crippen LogP contribution in [0.5, 0.6) is 5.75 Å². The van der Waals surface area contributed by atoms with Crippen LogP contribution in [-0.4, -0.2) is 23.9 Å². The Kier molecular flexibility index (Phi) is 5.33. The summed E-state index contributed by atoms with van der Waals surface area (Å²) >= 11 is 6.07. The number of ketones is 1. The largest absolute Gasteiger partial charge is 0.497 e. The van der Waals surface area contributed by atoms with Crippen molar-refractivity contribution in [2.24, 2.45) is 0 Å². The second-order valence-corrected chi connectivity index (χ2v) is 7.66. The minimum Gasteiger partial charge on any atom is -0.497 e. The first-order valence-corrected chi connectivity index (χ1v) is 9.86. The van der Waals surface area contributed by atoms with E-state index in [2.05, 4.69) is 0 Å². The molecule has 0 radical (unpaired) electrons. The van der Waals surface area contributed by atoms with Gasteiger partial charge in [0, 0.05) is 16.1 Å². The molecule has 3 aromatic rings. The van der Waals surface area contributed by atoms with E-state index in [0.717, 1.165) is 5.56 Å². The fourth-order valence-electron chi connectivity index (χ4n) is 3.76. The number of anilines is 1. The van der Waals surface area contributed by atoms with Crippen LogP contribution in [0.2, 0.25) is 5.02 Å². The fourth-order valence-corrected chi connectivity index (χ4v) is 3.98. The summed E-state index contributed by atoms with van der Waals surface area (Å²) in [4.78, 5) is 27.7. The minimum absolute atomic E-state index is 0.245. The molecule has 0 spiro atoms. The maximum atomic E-state index is 13.3. The van der Waals surface area contributed by atoms with Crippen LogP contribution in [0.1, 0.15) is 27.9 Å².